The zero-order chi connectivity index (χ0) is 37.7. The molecule has 0 saturated carbocycles. The van der Waals surface area contributed by atoms with Crippen molar-refractivity contribution in [1.29, 1.82) is 0 Å². The average molecular weight is 901 g/mol. The number of fused-ring (bicyclic) bond motifs is 8. The van der Waals surface area contributed by atoms with Crippen LogP contribution in [-0.4, -0.2) is 20.9 Å². The molecular weight excluding hydrogens is 865 g/mol. The van der Waals surface area contributed by atoms with Gasteiger partial charge in [0, 0.05) is 26.2 Å². The molecule has 0 saturated heterocycles. The Balaban J connectivity index is 0.000000145. The average Bonchev–Trinajstić information content (AvgIpc) is 3.22. The molecular formula is C51H36IrN2O2-2. The van der Waals surface area contributed by atoms with Gasteiger partial charge in [0.1, 0.15) is 0 Å². The summed E-state index contributed by atoms with van der Waals surface area (Å²) in [6.07, 6.45) is 1.17. The summed E-state index contributed by atoms with van der Waals surface area (Å²) in [5.41, 5.74) is 6.02. The number of carbonyl (C=O) groups excluding carboxylic acids is 1. The van der Waals surface area contributed by atoms with Gasteiger partial charge >= 0.3 is 0 Å². The molecule has 0 aliphatic rings. The van der Waals surface area contributed by atoms with E-state index in [2.05, 4.69) is 146 Å². The first kappa shape index (κ1) is 37.8. The number of carbonyl (C=O) groups is 1. The normalized spacial score (nSPS) is 11.1. The van der Waals surface area contributed by atoms with E-state index in [9.17, 15) is 4.79 Å². The van der Waals surface area contributed by atoms with Crippen LogP contribution in [0.25, 0.3) is 87.4 Å². The fourth-order valence-electron chi connectivity index (χ4n) is 6.92. The molecule has 4 nitrogen and oxygen atoms in total. The van der Waals surface area contributed by atoms with Crippen LogP contribution in [0.4, 0.5) is 0 Å². The second-order valence-electron chi connectivity index (χ2n) is 13.4. The van der Waals surface area contributed by atoms with Gasteiger partial charge in [-0.3, -0.25) is 14.8 Å². The minimum absolute atomic E-state index is 0. The van der Waals surface area contributed by atoms with E-state index in [1.807, 2.05) is 36.4 Å². The molecule has 0 fully saturated rings. The second-order valence-corrected chi connectivity index (χ2v) is 13.4. The summed E-state index contributed by atoms with van der Waals surface area (Å²) in [6.45, 7) is 2.85. The van der Waals surface area contributed by atoms with E-state index in [-0.39, 0.29) is 31.6 Å². The van der Waals surface area contributed by atoms with Crippen LogP contribution < -0.4 is 0 Å². The van der Waals surface area contributed by atoms with Crippen LogP contribution in [0.3, 0.4) is 0 Å². The molecule has 2 aromatic heterocycles. The van der Waals surface area contributed by atoms with E-state index in [4.69, 9.17) is 15.1 Å². The standard InChI is InChI=1S/2C23H14N.C5H8O2.Ir/c2*1-3-7-20-16(5-1)9-10-18-15-19(11-13-21(18)20)23-14-12-17-6-2-4-8-22(17)24-23;1-4(6)3-5(2)7;/h2*1-10,12-15H;3,6H,1-2H3;/q2*-1;;/b;;4-3-;. The monoisotopic (exact) mass is 901 g/mol. The van der Waals surface area contributed by atoms with E-state index in [1.165, 1.54) is 63.0 Å². The molecule has 0 bridgehead atoms. The van der Waals surface area contributed by atoms with E-state index in [0.29, 0.717) is 0 Å². The number of aromatic nitrogens is 2. The van der Waals surface area contributed by atoms with Gasteiger partial charge in [0.15, 0.2) is 5.78 Å². The third kappa shape index (κ3) is 8.25. The summed E-state index contributed by atoms with van der Waals surface area (Å²) in [5.74, 6) is -0.0625. The number of nitrogens with zero attached hydrogens (tertiary/aromatic N) is 2. The van der Waals surface area contributed by atoms with Crippen LogP contribution in [0.5, 0.6) is 0 Å². The van der Waals surface area contributed by atoms with Gasteiger partial charge in [0.05, 0.1) is 16.8 Å². The molecule has 1 radical (unpaired) electrons. The Labute approximate surface area is 339 Å². The van der Waals surface area contributed by atoms with Gasteiger partial charge in [0.2, 0.25) is 0 Å². The number of aliphatic hydroxyl groups is 1. The van der Waals surface area contributed by atoms with Crippen molar-refractivity contribution in [2.75, 3.05) is 0 Å². The van der Waals surface area contributed by atoms with Gasteiger partial charge in [-0.05, 0) is 58.9 Å². The molecule has 0 aliphatic carbocycles. The molecule has 273 valence electrons. The van der Waals surface area contributed by atoms with E-state index >= 15 is 0 Å². The van der Waals surface area contributed by atoms with Crippen molar-refractivity contribution >= 4 is 70.7 Å². The van der Waals surface area contributed by atoms with E-state index < -0.39 is 0 Å². The first-order valence-corrected chi connectivity index (χ1v) is 18.2. The molecule has 2 heterocycles. The minimum atomic E-state index is -0.125. The number of allylic oxidation sites excluding steroid dienone is 2. The van der Waals surface area contributed by atoms with Crippen LogP contribution in [0.15, 0.2) is 182 Å². The van der Waals surface area contributed by atoms with Crippen LogP contribution in [0.2, 0.25) is 0 Å². The molecule has 0 spiro atoms. The first-order chi connectivity index (χ1) is 26.9. The molecule has 10 aromatic rings. The van der Waals surface area contributed by atoms with Crippen LogP contribution in [0, 0.1) is 12.1 Å². The topological polar surface area (TPSA) is 63.1 Å². The Morgan fingerprint density at radius 3 is 1.27 bits per heavy atom. The third-order valence-corrected chi connectivity index (χ3v) is 9.51. The number of benzene rings is 8. The molecule has 56 heavy (non-hydrogen) atoms. The fraction of sp³-hybridized carbons (Fsp3) is 0.0392. The number of rotatable bonds is 3. The summed E-state index contributed by atoms with van der Waals surface area (Å²) >= 11 is 0. The Kier molecular flexibility index (Phi) is 11.4. The van der Waals surface area contributed by atoms with Crippen molar-refractivity contribution < 1.29 is 30.0 Å². The second kappa shape index (κ2) is 16.9. The van der Waals surface area contributed by atoms with Gasteiger partial charge in [-0.1, -0.05) is 155 Å². The Morgan fingerprint density at radius 2 is 0.857 bits per heavy atom. The molecule has 0 aliphatic heterocycles. The summed E-state index contributed by atoms with van der Waals surface area (Å²) in [4.78, 5) is 19.6. The van der Waals surface area contributed by atoms with Crippen LogP contribution in [0.1, 0.15) is 13.8 Å². The molecule has 5 heteroatoms. The smallest absolute Gasteiger partial charge is 0.155 e. The molecule has 8 aromatic carbocycles. The summed E-state index contributed by atoms with van der Waals surface area (Å²) in [5, 5.41) is 20.6. The Hall–Kier alpha value is -6.52. The quantitative estimate of drug-likeness (QED) is 0.0830. The van der Waals surface area contributed by atoms with Gasteiger partial charge in [-0.15, -0.1) is 58.3 Å². The summed E-state index contributed by atoms with van der Waals surface area (Å²) in [6, 6.07) is 65.8. The van der Waals surface area contributed by atoms with Crippen molar-refractivity contribution in [3.05, 3.63) is 194 Å². The predicted molar refractivity (Wildman–Crippen MR) is 229 cm³/mol. The zero-order valence-corrected chi connectivity index (χ0v) is 33.2. The number of ketones is 1. The van der Waals surface area contributed by atoms with Crippen molar-refractivity contribution in [1.82, 2.24) is 9.97 Å². The number of hydrogen-bond donors (Lipinski definition) is 1. The maximum atomic E-state index is 10.0. The van der Waals surface area contributed by atoms with Gasteiger partial charge in [-0.25, -0.2) is 0 Å². The van der Waals surface area contributed by atoms with Crippen molar-refractivity contribution in [3.63, 3.8) is 0 Å². The predicted octanol–water partition coefficient (Wildman–Crippen LogP) is 13.1. The Morgan fingerprint density at radius 1 is 0.482 bits per heavy atom. The van der Waals surface area contributed by atoms with Crippen molar-refractivity contribution in [2.24, 2.45) is 0 Å². The summed E-state index contributed by atoms with van der Waals surface area (Å²) < 4.78 is 0. The SMILES string of the molecule is CC(=O)/C=C(/C)O.[Ir].[c-]1cc2c(ccc3ccccc32)cc1-c1ccc2ccccc2n1.[c-]1cc2c(ccc3ccccc32)cc1-c1ccc2ccccc2n1. The number of aliphatic hydroxyl groups excluding tert-OH is 1. The third-order valence-electron chi connectivity index (χ3n) is 9.51. The fourth-order valence-corrected chi connectivity index (χ4v) is 6.92. The number of pyridine rings is 2. The largest absolute Gasteiger partial charge is 0.512 e. The van der Waals surface area contributed by atoms with Gasteiger partial charge in [-0.2, -0.15) is 0 Å². The van der Waals surface area contributed by atoms with Crippen molar-refractivity contribution in [2.45, 2.75) is 13.8 Å². The Bertz CT molecular complexity index is 2860. The van der Waals surface area contributed by atoms with E-state index in [0.717, 1.165) is 44.3 Å². The molecule has 0 atom stereocenters. The van der Waals surface area contributed by atoms with Crippen LogP contribution in [-0.2, 0) is 24.9 Å². The maximum absolute atomic E-state index is 10.0. The number of hydrogen-bond acceptors (Lipinski definition) is 4. The summed E-state index contributed by atoms with van der Waals surface area (Å²) in [7, 11) is 0. The van der Waals surface area contributed by atoms with Crippen molar-refractivity contribution in [3.8, 4) is 22.5 Å². The maximum Gasteiger partial charge on any atom is 0.155 e. The molecule has 0 amide bonds. The first-order valence-electron chi connectivity index (χ1n) is 18.2. The molecule has 1 N–H and O–H groups in total. The zero-order valence-electron chi connectivity index (χ0n) is 30.8. The van der Waals surface area contributed by atoms with Crippen LogP contribution >= 0.6 is 0 Å². The molecule has 0 unspecified atom stereocenters. The van der Waals surface area contributed by atoms with E-state index in [1.54, 1.807) is 0 Å². The van der Waals surface area contributed by atoms with Gasteiger partial charge in [0.25, 0.3) is 0 Å². The molecule has 10 rings (SSSR count). The van der Waals surface area contributed by atoms with Gasteiger partial charge < -0.3 is 5.11 Å². The number of para-hydroxylation sites is 2. The minimum Gasteiger partial charge on any atom is -0.512 e.